The Morgan fingerprint density at radius 2 is 1.90 bits per heavy atom. The van der Waals surface area contributed by atoms with Crippen LogP contribution < -0.4 is 9.05 Å². The molecule has 0 saturated heterocycles. The fourth-order valence-corrected chi connectivity index (χ4v) is 2.72. The molecule has 1 heterocycles. The lowest BCUT2D eigenvalue weighted by Crippen LogP contribution is -2.07. The summed E-state index contributed by atoms with van der Waals surface area (Å²) in [4.78, 5) is 10.1. The van der Waals surface area contributed by atoms with E-state index in [9.17, 15) is 10.1 Å². The number of para-hydroxylation sites is 1. The zero-order chi connectivity index (χ0) is 13.9. The van der Waals surface area contributed by atoms with E-state index < -0.39 is 13.5 Å². The summed E-state index contributed by atoms with van der Waals surface area (Å²) in [6.45, 7) is 0.425. The van der Waals surface area contributed by atoms with Crippen LogP contribution in [0.3, 0.4) is 0 Å². The minimum atomic E-state index is -1.53. The van der Waals surface area contributed by atoms with E-state index in [1.54, 1.807) is 0 Å². The van der Waals surface area contributed by atoms with Crippen LogP contribution in [-0.4, -0.2) is 4.92 Å². The maximum atomic E-state index is 10.6. The number of nitro groups is 1. The van der Waals surface area contributed by atoms with Gasteiger partial charge >= 0.3 is 8.60 Å². The zero-order valence-corrected chi connectivity index (χ0v) is 11.2. The standard InChI is InChI=1S/C13H10NO5P/c15-14(16)11-5-7-12(8-6-11)18-20-17-9-10-3-1-2-4-13(10)19-20/h1-8H,9H2. The molecule has 2 aromatic rings. The summed E-state index contributed by atoms with van der Waals surface area (Å²) in [5.74, 6) is 1.22. The number of nitrogens with zero attached hydrogens (tertiary/aromatic N) is 1. The molecule has 3 rings (SSSR count). The number of nitro benzene ring substituents is 1. The second-order valence-corrected chi connectivity index (χ2v) is 5.11. The van der Waals surface area contributed by atoms with E-state index in [4.69, 9.17) is 13.6 Å². The number of hydrogen-bond donors (Lipinski definition) is 0. The van der Waals surface area contributed by atoms with Crippen LogP contribution in [0.5, 0.6) is 11.5 Å². The Bertz CT molecular complexity index is 631. The highest BCUT2D eigenvalue weighted by molar-refractivity contribution is 7.42. The van der Waals surface area contributed by atoms with Gasteiger partial charge in [0.2, 0.25) is 0 Å². The Hall–Kier alpha value is -2.17. The highest BCUT2D eigenvalue weighted by atomic mass is 31.2. The van der Waals surface area contributed by atoms with Crippen molar-refractivity contribution < 1.29 is 18.5 Å². The van der Waals surface area contributed by atoms with Crippen molar-refractivity contribution in [3.63, 3.8) is 0 Å². The van der Waals surface area contributed by atoms with Gasteiger partial charge in [-0.15, -0.1) is 0 Å². The summed E-state index contributed by atoms with van der Waals surface area (Å²) < 4.78 is 16.6. The summed E-state index contributed by atoms with van der Waals surface area (Å²) in [7, 11) is -1.53. The van der Waals surface area contributed by atoms with Gasteiger partial charge in [-0.25, -0.2) is 0 Å². The van der Waals surface area contributed by atoms with Gasteiger partial charge in [-0.3, -0.25) is 14.6 Å². The van der Waals surface area contributed by atoms with Crippen molar-refractivity contribution in [2.24, 2.45) is 0 Å². The van der Waals surface area contributed by atoms with Crippen LogP contribution in [-0.2, 0) is 11.1 Å². The molecule has 0 N–H and O–H groups in total. The van der Waals surface area contributed by atoms with Crippen molar-refractivity contribution in [3.8, 4) is 11.5 Å². The number of rotatable bonds is 3. The fourth-order valence-electron chi connectivity index (χ4n) is 1.70. The fraction of sp³-hybridized carbons (Fsp3) is 0.0769. The third-order valence-electron chi connectivity index (χ3n) is 2.70. The molecule has 0 amide bonds. The quantitative estimate of drug-likeness (QED) is 0.488. The molecule has 0 bridgehead atoms. The Morgan fingerprint density at radius 1 is 1.15 bits per heavy atom. The van der Waals surface area contributed by atoms with Gasteiger partial charge in [0.1, 0.15) is 11.5 Å². The molecule has 1 atom stereocenters. The maximum Gasteiger partial charge on any atom is 0.463 e. The molecule has 1 aliphatic rings. The molecule has 0 saturated carbocycles. The molecule has 0 fully saturated rings. The molecule has 1 aliphatic heterocycles. The van der Waals surface area contributed by atoms with E-state index in [-0.39, 0.29) is 5.69 Å². The summed E-state index contributed by atoms with van der Waals surface area (Å²) in [6, 6.07) is 13.4. The molecular weight excluding hydrogens is 281 g/mol. The smallest absolute Gasteiger partial charge is 0.418 e. The Kier molecular flexibility index (Phi) is 3.50. The predicted molar refractivity (Wildman–Crippen MR) is 72.5 cm³/mol. The second-order valence-electron chi connectivity index (χ2n) is 4.04. The molecule has 0 radical (unpaired) electrons. The first-order valence-corrected chi connectivity index (χ1v) is 6.93. The van der Waals surface area contributed by atoms with E-state index in [0.29, 0.717) is 12.4 Å². The topological polar surface area (TPSA) is 70.8 Å². The van der Waals surface area contributed by atoms with Crippen LogP contribution in [0.4, 0.5) is 5.69 Å². The molecule has 6 nitrogen and oxygen atoms in total. The number of fused-ring (bicyclic) bond motifs is 1. The van der Waals surface area contributed by atoms with Crippen molar-refractivity contribution in [3.05, 3.63) is 64.2 Å². The summed E-state index contributed by atoms with van der Waals surface area (Å²) in [5, 5.41) is 10.6. The molecule has 20 heavy (non-hydrogen) atoms. The molecule has 1 unspecified atom stereocenters. The largest absolute Gasteiger partial charge is 0.463 e. The van der Waals surface area contributed by atoms with E-state index >= 15 is 0 Å². The highest BCUT2D eigenvalue weighted by Crippen LogP contribution is 2.47. The van der Waals surface area contributed by atoms with Gasteiger partial charge in [0, 0.05) is 17.7 Å². The van der Waals surface area contributed by atoms with E-state index in [2.05, 4.69) is 0 Å². The molecule has 0 aromatic heterocycles. The minimum Gasteiger partial charge on any atom is -0.418 e. The van der Waals surface area contributed by atoms with Crippen molar-refractivity contribution in [1.82, 2.24) is 0 Å². The first-order valence-electron chi connectivity index (χ1n) is 5.84. The van der Waals surface area contributed by atoms with Crippen molar-refractivity contribution in [2.45, 2.75) is 6.61 Å². The number of hydrogen-bond acceptors (Lipinski definition) is 5. The minimum absolute atomic E-state index is 0.0148. The van der Waals surface area contributed by atoms with Gasteiger partial charge in [0.15, 0.2) is 0 Å². The predicted octanol–water partition coefficient (Wildman–Crippen LogP) is 3.81. The average molecular weight is 291 g/mol. The molecule has 0 spiro atoms. The second kappa shape index (κ2) is 5.45. The van der Waals surface area contributed by atoms with Crippen LogP contribution in [0.2, 0.25) is 0 Å². The lowest BCUT2D eigenvalue weighted by Gasteiger charge is -2.23. The number of benzene rings is 2. The van der Waals surface area contributed by atoms with Crippen LogP contribution >= 0.6 is 8.60 Å². The van der Waals surface area contributed by atoms with Crippen molar-refractivity contribution in [1.29, 1.82) is 0 Å². The lowest BCUT2D eigenvalue weighted by molar-refractivity contribution is -0.384. The van der Waals surface area contributed by atoms with Crippen LogP contribution in [0.25, 0.3) is 0 Å². The Labute approximate surface area is 116 Å². The van der Waals surface area contributed by atoms with Gasteiger partial charge < -0.3 is 9.05 Å². The zero-order valence-electron chi connectivity index (χ0n) is 10.3. The molecule has 7 heteroatoms. The normalized spacial score (nSPS) is 16.9. The summed E-state index contributed by atoms with van der Waals surface area (Å²) >= 11 is 0. The molecule has 2 aromatic carbocycles. The van der Waals surface area contributed by atoms with E-state index in [1.165, 1.54) is 24.3 Å². The van der Waals surface area contributed by atoms with E-state index in [0.717, 1.165) is 11.3 Å². The highest BCUT2D eigenvalue weighted by Gasteiger charge is 2.24. The average Bonchev–Trinajstić information content (AvgIpc) is 2.48. The van der Waals surface area contributed by atoms with Gasteiger partial charge in [0.25, 0.3) is 5.69 Å². The lowest BCUT2D eigenvalue weighted by atomic mass is 10.2. The monoisotopic (exact) mass is 291 g/mol. The van der Waals surface area contributed by atoms with Crippen LogP contribution in [0.15, 0.2) is 48.5 Å². The van der Waals surface area contributed by atoms with Crippen LogP contribution in [0.1, 0.15) is 5.56 Å². The molecular formula is C13H10NO5P. The van der Waals surface area contributed by atoms with Crippen molar-refractivity contribution in [2.75, 3.05) is 0 Å². The first-order chi connectivity index (χ1) is 9.72. The van der Waals surface area contributed by atoms with Gasteiger partial charge in [-0.05, 0) is 18.2 Å². The van der Waals surface area contributed by atoms with Gasteiger partial charge in [-0.2, -0.15) is 0 Å². The third kappa shape index (κ3) is 2.71. The van der Waals surface area contributed by atoms with E-state index in [1.807, 2.05) is 24.3 Å². The summed E-state index contributed by atoms with van der Waals surface area (Å²) in [5.41, 5.74) is 0.986. The molecule has 102 valence electrons. The maximum absolute atomic E-state index is 10.6. The first kappa shape index (κ1) is 12.8. The Balaban J connectivity index is 1.69. The third-order valence-corrected chi connectivity index (χ3v) is 3.74. The molecule has 0 aliphatic carbocycles. The SMILES string of the molecule is O=[N+]([O-])c1ccc(OP2OCc3ccccc3O2)cc1. The van der Waals surface area contributed by atoms with Gasteiger partial charge in [-0.1, -0.05) is 18.2 Å². The van der Waals surface area contributed by atoms with Gasteiger partial charge in [0.05, 0.1) is 11.5 Å². The Morgan fingerprint density at radius 3 is 2.65 bits per heavy atom. The summed E-state index contributed by atoms with van der Waals surface area (Å²) in [6.07, 6.45) is 0. The number of non-ortho nitro benzene ring substituents is 1. The van der Waals surface area contributed by atoms with Crippen molar-refractivity contribution >= 4 is 14.3 Å². The van der Waals surface area contributed by atoms with Crippen LogP contribution in [0, 0.1) is 10.1 Å².